The van der Waals surface area contributed by atoms with E-state index in [0.717, 1.165) is 65.8 Å². The number of piperidine rings is 1. The first kappa shape index (κ1) is 17.1. The number of likely N-dealkylation sites (tertiary alicyclic amines) is 1. The third kappa shape index (κ3) is 3.76. The van der Waals surface area contributed by atoms with Crippen molar-refractivity contribution in [3.05, 3.63) is 23.2 Å². The maximum Gasteiger partial charge on any atom is 0.217 e. The van der Waals surface area contributed by atoms with Crippen molar-refractivity contribution in [2.75, 3.05) is 31.1 Å². The van der Waals surface area contributed by atoms with E-state index in [1.807, 2.05) is 18.2 Å². The molecule has 2 aliphatic heterocycles. The van der Waals surface area contributed by atoms with Crippen LogP contribution in [0, 0.1) is 0 Å². The summed E-state index contributed by atoms with van der Waals surface area (Å²) in [7, 11) is 0. The normalized spacial score (nSPS) is 22.6. The van der Waals surface area contributed by atoms with Gasteiger partial charge in [-0.05, 0) is 37.5 Å². The highest BCUT2D eigenvalue weighted by atomic mass is 35.5. The summed E-state index contributed by atoms with van der Waals surface area (Å²) in [6, 6.07) is 6.84. The molecule has 1 amide bonds. The van der Waals surface area contributed by atoms with Gasteiger partial charge in [0.1, 0.15) is 0 Å². The van der Waals surface area contributed by atoms with E-state index in [-0.39, 0.29) is 5.91 Å². The first-order valence-corrected chi connectivity index (χ1v) is 10.1. The Morgan fingerprint density at radius 3 is 2.84 bits per heavy atom. The Kier molecular flexibility index (Phi) is 4.84. The summed E-state index contributed by atoms with van der Waals surface area (Å²) in [6.07, 6.45) is 3.38. The van der Waals surface area contributed by atoms with Crippen molar-refractivity contribution >= 4 is 44.2 Å². The highest BCUT2D eigenvalue weighted by Crippen LogP contribution is 2.33. The first-order valence-electron chi connectivity index (χ1n) is 8.90. The Balaban J connectivity index is 1.35. The SMILES string of the molecule is CC(=O)N[C@@H]1CCN(C2CCN(c3nc4ccc(Cl)cc4s3)CC2)C1. The molecule has 0 aliphatic carbocycles. The van der Waals surface area contributed by atoms with Crippen LogP contribution in [0.1, 0.15) is 26.2 Å². The lowest BCUT2D eigenvalue weighted by atomic mass is 10.0. The van der Waals surface area contributed by atoms with Gasteiger partial charge in [-0.1, -0.05) is 22.9 Å². The number of hydrogen-bond donors (Lipinski definition) is 1. The predicted octanol–water partition coefficient (Wildman–Crippen LogP) is 3.13. The van der Waals surface area contributed by atoms with Crippen molar-refractivity contribution in [1.82, 2.24) is 15.2 Å². The van der Waals surface area contributed by atoms with Crippen LogP contribution in [0.25, 0.3) is 10.2 Å². The van der Waals surface area contributed by atoms with Crippen molar-refractivity contribution in [1.29, 1.82) is 0 Å². The molecular formula is C18H23ClN4OS. The van der Waals surface area contributed by atoms with Crippen LogP contribution in [0.3, 0.4) is 0 Å². The highest BCUT2D eigenvalue weighted by molar-refractivity contribution is 7.22. The van der Waals surface area contributed by atoms with E-state index in [4.69, 9.17) is 16.6 Å². The minimum Gasteiger partial charge on any atom is -0.352 e. The quantitative estimate of drug-likeness (QED) is 0.891. The summed E-state index contributed by atoms with van der Waals surface area (Å²) in [5.41, 5.74) is 1.03. The summed E-state index contributed by atoms with van der Waals surface area (Å²) in [4.78, 5) is 20.9. The number of benzene rings is 1. The van der Waals surface area contributed by atoms with E-state index >= 15 is 0 Å². The summed E-state index contributed by atoms with van der Waals surface area (Å²) in [5.74, 6) is 0.0811. The Hall–Kier alpha value is -1.37. The topological polar surface area (TPSA) is 48.5 Å². The molecule has 25 heavy (non-hydrogen) atoms. The van der Waals surface area contributed by atoms with Gasteiger partial charge < -0.3 is 10.2 Å². The lowest BCUT2D eigenvalue weighted by molar-refractivity contribution is -0.119. The first-order chi connectivity index (χ1) is 12.1. The third-order valence-electron chi connectivity index (χ3n) is 5.22. The van der Waals surface area contributed by atoms with Crippen molar-refractivity contribution < 1.29 is 4.79 Å². The fourth-order valence-electron chi connectivity index (χ4n) is 3.97. The number of thiazole rings is 1. The number of amides is 1. The van der Waals surface area contributed by atoms with Gasteiger partial charge in [-0.2, -0.15) is 0 Å². The van der Waals surface area contributed by atoms with E-state index in [2.05, 4.69) is 15.1 Å². The fraction of sp³-hybridized carbons (Fsp3) is 0.556. The monoisotopic (exact) mass is 378 g/mol. The number of aromatic nitrogens is 1. The van der Waals surface area contributed by atoms with E-state index in [9.17, 15) is 4.79 Å². The number of nitrogens with zero attached hydrogens (tertiary/aromatic N) is 3. The molecule has 2 aliphatic rings. The summed E-state index contributed by atoms with van der Waals surface area (Å²) in [5, 5.41) is 4.93. The molecule has 4 rings (SSSR count). The van der Waals surface area contributed by atoms with E-state index in [1.165, 1.54) is 0 Å². The molecule has 1 atom stereocenters. The maximum absolute atomic E-state index is 11.2. The van der Waals surface area contributed by atoms with Crippen LogP contribution in [0.2, 0.25) is 5.02 Å². The van der Waals surface area contributed by atoms with Crippen molar-refractivity contribution in [3.63, 3.8) is 0 Å². The van der Waals surface area contributed by atoms with Gasteiger partial charge in [0.05, 0.1) is 10.2 Å². The van der Waals surface area contributed by atoms with Crippen LogP contribution in [-0.2, 0) is 4.79 Å². The lowest BCUT2D eigenvalue weighted by Gasteiger charge is -2.36. The standard InChI is InChI=1S/C18H23ClN4OS/c1-12(24)20-14-4-7-23(11-14)15-5-8-22(9-6-15)18-21-16-3-2-13(19)10-17(16)25-18/h2-3,10,14-15H,4-9,11H2,1H3,(H,20,24)/t14-/m1/s1. The minimum absolute atomic E-state index is 0.0811. The second-order valence-electron chi connectivity index (χ2n) is 7.01. The van der Waals surface area contributed by atoms with Gasteiger partial charge in [0.15, 0.2) is 5.13 Å². The number of rotatable bonds is 3. The summed E-state index contributed by atoms with van der Waals surface area (Å²) >= 11 is 7.81. The zero-order valence-electron chi connectivity index (χ0n) is 14.4. The summed E-state index contributed by atoms with van der Waals surface area (Å²) < 4.78 is 1.15. The molecule has 1 aromatic carbocycles. The molecule has 5 nitrogen and oxygen atoms in total. The van der Waals surface area contributed by atoms with Crippen LogP contribution < -0.4 is 10.2 Å². The van der Waals surface area contributed by atoms with Crippen LogP contribution >= 0.6 is 22.9 Å². The fourth-order valence-corrected chi connectivity index (χ4v) is 5.26. The Morgan fingerprint density at radius 1 is 1.28 bits per heavy atom. The third-order valence-corrected chi connectivity index (χ3v) is 6.53. The average molecular weight is 379 g/mol. The summed E-state index contributed by atoms with van der Waals surface area (Å²) in [6.45, 7) is 5.77. The molecule has 0 spiro atoms. The van der Waals surface area contributed by atoms with Crippen LogP contribution in [0.5, 0.6) is 0 Å². The molecule has 2 saturated heterocycles. The highest BCUT2D eigenvalue weighted by Gasteiger charge is 2.31. The Bertz CT molecular complexity index is 772. The molecule has 1 N–H and O–H groups in total. The molecule has 134 valence electrons. The number of carbonyl (C=O) groups excluding carboxylic acids is 1. The molecule has 3 heterocycles. The molecule has 0 bridgehead atoms. The van der Waals surface area contributed by atoms with Gasteiger partial charge in [-0.25, -0.2) is 4.98 Å². The lowest BCUT2D eigenvalue weighted by Crippen LogP contribution is -2.45. The van der Waals surface area contributed by atoms with Gasteiger partial charge >= 0.3 is 0 Å². The van der Waals surface area contributed by atoms with Crippen molar-refractivity contribution in [2.24, 2.45) is 0 Å². The molecule has 1 aromatic heterocycles. The average Bonchev–Trinajstić information content (AvgIpc) is 3.21. The number of nitrogens with one attached hydrogen (secondary N) is 1. The Labute approximate surface area is 157 Å². The van der Waals surface area contributed by atoms with Crippen LogP contribution in [-0.4, -0.2) is 54.1 Å². The van der Waals surface area contributed by atoms with Crippen LogP contribution in [0.15, 0.2) is 18.2 Å². The number of halogens is 1. The van der Waals surface area contributed by atoms with Gasteiger partial charge in [-0.15, -0.1) is 0 Å². The van der Waals surface area contributed by atoms with Crippen LogP contribution in [0.4, 0.5) is 5.13 Å². The Morgan fingerprint density at radius 2 is 2.08 bits per heavy atom. The molecule has 0 radical (unpaired) electrons. The van der Waals surface area contributed by atoms with Gasteiger partial charge in [0, 0.05) is 50.2 Å². The predicted molar refractivity (Wildman–Crippen MR) is 104 cm³/mol. The molecule has 0 unspecified atom stereocenters. The van der Waals surface area contributed by atoms with Gasteiger partial charge in [-0.3, -0.25) is 9.69 Å². The molecule has 0 saturated carbocycles. The molecule has 2 aromatic rings. The van der Waals surface area contributed by atoms with E-state index in [0.29, 0.717) is 12.1 Å². The molecule has 7 heteroatoms. The second-order valence-corrected chi connectivity index (χ2v) is 8.45. The molecule has 2 fully saturated rings. The largest absolute Gasteiger partial charge is 0.352 e. The van der Waals surface area contributed by atoms with Crippen molar-refractivity contribution in [2.45, 2.75) is 38.3 Å². The number of carbonyl (C=O) groups is 1. The van der Waals surface area contributed by atoms with Gasteiger partial charge in [0.2, 0.25) is 5.91 Å². The number of anilines is 1. The molecular weight excluding hydrogens is 356 g/mol. The van der Waals surface area contributed by atoms with E-state index in [1.54, 1.807) is 18.3 Å². The second kappa shape index (κ2) is 7.09. The minimum atomic E-state index is 0.0811. The number of hydrogen-bond acceptors (Lipinski definition) is 5. The maximum atomic E-state index is 11.2. The number of fused-ring (bicyclic) bond motifs is 1. The zero-order chi connectivity index (χ0) is 17.4. The van der Waals surface area contributed by atoms with E-state index < -0.39 is 0 Å². The smallest absolute Gasteiger partial charge is 0.217 e. The van der Waals surface area contributed by atoms with Gasteiger partial charge in [0.25, 0.3) is 0 Å². The zero-order valence-corrected chi connectivity index (χ0v) is 15.9. The van der Waals surface area contributed by atoms with Crippen molar-refractivity contribution in [3.8, 4) is 0 Å².